The van der Waals surface area contributed by atoms with Crippen molar-refractivity contribution in [1.82, 2.24) is 16.1 Å². The van der Waals surface area contributed by atoms with Gasteiger partial charge in [0.05, 0.1) is 22.8 Å². The second-order valence-electron chi connectivity index (χ2n) is 6.03. The lowest BCUT2D eigenvalue weighted by Crippen LogP contribution is -2.46. The first kappa shape index (κ1) is 19.2. The molecule has 0 saturated heterocycles. The molecule has 1 aliphatic rings. The maximum atomic E-state index is 12.8. The molecule has 1 heterocycles. The molecule has 28 heavy (non-hydrogen) atoms. The highest BCUT2D eigenvalue weighted by Gasteiger charge is 2.30. The van der Waals surface area contributed by atoms with Crippen LogP contribution in [0.3, 0.4) is 0 Å². The summed E-state index contributed by atoms with van der Waals surface area (Å²) in [6, 6.07) is 14.8. The molecule has 142 valence electrons. The van der Waals surface area contributed by atoms with Gasteiger partial charge in [0.2, 0.25) is 0 Å². The third-order valence-electron chi connectivity index (χ3n) is 4.13. The van der Waals surface area contributed by atoms with Crippen LogP contribution < -0.4 is 16.1 Å². The largest absolute Gasteiger partial charge is 0.351 e. The van der Waals surface area contributed by atoms with Gasteiger partial charge in [-0.3, -0.25) is 14.9 Å². The molecule has 0 radical (unpaired) electrons. The molecule has 9 heteroatoms. The molecule has 0 saturated carbocycles. The predicted molar refractivity (Wildman–Crippen MR) is 110 cm³/mol. The number of non-ortho nitro benzene ring substituents is 1. The van der Waals surface area contributed by atoms with Gasteiger partial charge in [0.1, 0.15) is 0 Å². The molecular weight excluding hydrogens is 378 g/mol. The normalized spacial score (nSPS) is 16.5. The van der Waals surface area contributed by atoms with Crippen LogP contribution in [-0.4, -0.2) is 22.2 Å². The number of carbonyl (C=O) groups is 1. The molecule has 1 amide bonds. The van der Waals surface area contributed by atoms with E-state index >= 15 is 0 Å². The average Bonchev–Trinajstić information content (AvgIpc) is 2.68. The van der Waals surface area contributed by atoms with Crippen LogP contribution in [0.2, 0.25) is 0 Å². The summed E-state index contributed by atoms with van der Waals surface area (Å²) in [5, 5.41) is 21.2. The lowest BCUT2D eigenvalue weighted by molar-refractivity contribution is -0.384. The van der Waals surface area contributed by atoms with Gasteiger partial charge in [-0.05, 0) is 42.4 Å². The molecule has 0 aromatic heterocycles. The number of amides is 1. The van der Waals surface area contributed by atoms with Crippen molar-refractivity contribution >= 4 is 35.1 Å². The minimum Gasteiger partial charge on any atom is -0.351 e. The van der Waals surface area contributed by atoms with Crippen LogP contribution in [0.15, 0.2) is 71.0 Å². The van der Waals surface area contributed by atoms with Crippen molar-refractivity contribution in [2.75, 3.05) is 0 Å². The van der Waals surface area contributed by atoms with Gasteiger partial charge in [0, 0.05) is 17.8 Å². The van der Waals surface area contributed by atoms with E-state index < -0.39 is 16.9 Å². The number of nitro benzene ring substituents is 1. The highest BCUT2D eigenvalue weighted by molar-refractivity contribution is 7.80. The fourth-order valence-corrected chi connectivity index (χ4v) is 3.07. The second kappa shape index (κ2) is 8.40. The molecule has 0 aliphatic carbocycles. The van der Waals surface area contributed by atoms with Gasteiger partial charge < -0.3 is 10.6 Å². The molecule has 3 N–H and O–H groups in total. The Morgan fingerprint density at radius 1 is 1.21 bits per heavy atom. The number of hydrazone groups is 1. The quantitative estimate of drug-likeness (QED) is 0.311. The van der Waals surface area contributed by atoms with Gasteiger partial charge in [0.15, 0.2) is 5.11 Å². The van der Waals surface area contributed by atoms with E-state index in [-0.39, 0.29) is 5.69 Å². The van der Waals surface area contributed by atoms with Gasteiger partial charge in [-0.1, -0.05) is 30.3 Å². The molecule has 0 spiro atoms. The first-order chi connectivity index (χ1) is 13.5. The zero-order valence-electron chi connectivity index (χ0n) is 14.9. The molecular formula is C19H17N5O3S. The fourth-order valence-electron chi connectivity index (χ4n) is 2.80. The van der Waals surface area contributed by atoms with Gasteiger partial charge in [0.25, 0.3) is 11.6 Å². The lowest BCUT2D eigenvalue weighted by Gasteiger charge is -2.29. The topological polar surface area (TPSA) is 109 Å². The summed E-state index contributed by atoms with van der Waals surface area (Å²) in [4.78, 5) is 23.1. The smallest absolute Gasteiger partial charge is 0.271 e. The van der Waals surface area contributed by atoms with Crippen molar-refractivity contribution in [2.45, 2.75) is 13.0 Å². The van der Waals surface area contributed by atoms with Crippen LogP contribution in [0, 0.1) is 10.1 Å². The van der Waals surface area contributed by atoms with Crippen LogP contribution in [0.4, 0.5) is 5.69 Å². The van der Waals surface area contributed by atoms with Crippen molar-refractivity contribution < 1.29 is 9.72 Å². The highest BCUT2D eigenvalue weighted by Crippen LogP contribution is 2.28. The van der Waals surface area contributed by atoms with Gasteiger partial charge in [-0.25, -0.2) is 5.43 Å². The van der Waals surface area contributed by atoms with Crippen molar-refractivity contribution in [3.8, 4) is 0 Å². The number of carbonyl (C=O) groups excluding carboxylic acids is 1. The summed E-state index contributed by atoms with van der Waals surface area (Å²) in [5.74, 6) is -0.407. The summed E-state index contributed by atoms with van der Waals surface area (Å²) >= 11 is 5.19. The number of rotatable bonds is 5. The minimum absolute atomic E-state index is 0.0283. The summed E-state index contributed by atoms with van der Waals surface area (Å²) in [7, 11) is 0. The number of nitrogens with one attached hydrogen (secondary N) is 3. The summed E-state index contributed by atoms with van der Waals surface area (Å²) in [5.41, 5.74) is 4.99. The Balaban J connectivity index is 1.83. The first-order valence-electron chi connectivity index (χ1n) is 8.37. The van der Waals surface area contributed by atoms with Gasteiger partial charge >= 0.3 is 0 Å². The lowest BCUT2D eigenvalue weighted by atomic mass is 9.95. The van der Waals surface area contributed by atoms with Crippen molar-refractivity contribution in [3.63, 3.8) is 0 Å². The molecule has 0 fully saturated rings. The van der Waals surface area contributed by atoms with Crippen molar-refractivity contribution in [2.24, 2.45) is 5.10 Å². The molecule has 0 bridgehead atoms. The summed E-state index contributed by atoms with van der Waals surface area (Å²) < 4.78 is 0. The van der Waals surface area contributed by atoms with E-state index in [1.807, 2.05) is 30.3 Å². The third-order valence-corrected chi connectivity index (χ3v) is 4.35. The van der Waals surface area contributed by atoms with Crippen LogP contribution in [0.1, 0.15) is 24.1 Å². The second-order valence-corrected chi connectivity index (χ2v) is 6.44. The van der Waals surface area contributed by atoms with E-state index in [0.717, 1.165) is 5.56 Å². The van der Waals surface area contributed by atoms with E-state index in [1.54, 1.807) is 25.3 Å². The Bertz CT molecular complexity index is 971. The van der Waals surface area contributed by atoms with Crippen LogP contribution in [-0.2, 0) is 4.79 Å². The number of benzene rings is 2. The average molecular weight is 395 g/mol. The number of thiocarbonyl (C=S) groups is 1. The fraction of sp³-hybridized carbons (Fsp3) is 0.105. The molecule has 1 atom stereocenters. The van der Waals surface area contributed by atoms with E-state index in [1.165, 1.54) is 12.1 Å². The number of nitro groups is 1. The SMILES string of the molecule is CC1=C(C(=O)N/N=C/c2ccccc2)C(c2ccc([N+](=O)[O-])cc2)NC(=S)N1. The summed E-state index contributed by atoms with van der Waals surface area (Å²) in [6.07, 6.45) is 1.54. The maximum Gasteiger partial charge on any atom is 0.271 e. The zero-order valence-corrected chi connectivity index (χ0v) is 15.7. The monoisotopic (exact) mass is 395 g/mol. The van der Waals surface area contributed by atoms with E-state index in [9.17, 15) is 14.9 Å². The molecule has 1 aliphatic heterocycles. The number of hydrogen-bond acceptors (Lipinski definition) is 5. The first-order valence-corrected chi connectivity index (χ1v) is 8.77. The van der Waals surface area contributed by atoms with E-state index in [0.29, 0.717) is 21.9 Å². The Hall–Kier alpha value is -3.59. The molecule has 2 aromatic rings. The van der Waals surface area contributed by atoms with Crippen molar-refractivity contribution in [3.05, 3.63) is 87.1 Å². The molecule has 3 rings (SSSR count). The molecule has 8 nitrogen and oxygen atoms in total. The number of allylic oxidation sites excluding steroid dienone is 1. The summed E-state index contributed by atoms with van der Waals surface area (Å²) in [6.45, 7) is 1.74. The highest BCUT2D eigenvalue weighted by atomic mass is 32.1. The van der Waals surface area contributed by atoms with Crippen molar-refractivity contribution in [1.29, 1.82) is 0 Å². The Morgan fingerprint density at radius 3 is 2.54 bits per heavy atom. The molecule has 2 aromatic carbocycles. The zero-order chi connectivity index (χ0) is 20.1. The van der Waals surface area contributed by atoms with Gasteiger partial charge in [-0.15, -0.1) is 0 Å². The third kappa shape index (κ3) is 4.38. The maximum absolute atomic E-state index is 12.8. The Labute approximate surface area is 166 Å². The minimum atomic E-state index is -0.554. The van der Waals surface area contributed by atoms with Gasteiger partial charge in [-0.2, -0.15) is 5.10 Å². The van der Waals surface area contributed by atoms with E-state index in [4.69, 9.17) is 12.2 Å². The standard InChI is InChI=1S/C19H17N5O3S/c1-12-16(18(25)23-20-11-13-5-3-2-4-6-13)17(22-19(28)21-12)14-7-9-15(10-8-14)24(26)27/h2-11,17H,1H3,(H,23,25)(H2,21,22,28)/b20-11+. The van der Waals surface area contributed by atoms with E-state index in [2.05, 4.69) is 21.2 Å². The molecule has 1 unspecified atom stereocenters. The van der Waals surface area contributed by atoms with Crippen LogP contribution >= 0.6 is 12.2 Å². The van der Waals surface area contributed by atoms with Crippen LogP contribution in [0.5, 0.6) is 0 Å². The number of hydrogen-bond donors (Lipinski definition) is 3. The Morgan fingerprint density at radius 2 is 1.89 bits per heavy atom. The Kier molecular flexibility index (Phi) is 5.75. The number of nitrogens with zero attached hydrogens (tertiary/aromatic N) is 2. The van der Waals surface area contributed by atoms with Crippen LogP contribution in [0.25, 0.3) is 0 Å². The predicted octanol–water partition coefficient (Wildman–Crippen LogP) is 2.54.